The molecule has 0 bridgehead atoms. The van der Waals surface area contributed by atoms with E-state index in [9.17, 15) is 4.39 Å². The lowest BCUT2D eigenvalue weighted by molar-refractivity contribution is 0.628. The first kappa shape index (κ1) is 20.3. The summed E-state index contributed by atoms with van der Waals surface area (Å²) >= 11 is 0. The molecule has 4 aromatic heterocycles. The summed E-state index contributed by atoms with van der Waals surface area (Å²) in [6, 6.07) is 8.23. The van der Waals surface area contributed by atoms with Crippen LogP contribution in [0.3, 0.4) is 0 Å². The first-order chi connectivity index (χ1) is 16.0. The van der Waals surface area contributed by atoms with Gasteiger partial charge in [-0.15, -0.1) is 0 Å². The number of H-pyrrole nitrogens is 2. The van der Waals surface area contributed by atoms with Crippen molar-refractivity contribution in [3.63, 3.8) is 0 Å². The molecule has 0 atom stereocenters. The topological polar surface area (TPSA) is 109 Å². The Kier molecular flexibility index (Phi) is 5.02. The molecule has 0 fully saturated rings. The molecule has 0 aliphatic rings. The molecule has 0 saturated heterocycles. The van der Waals surface area contributed by atoms with E-state index in [0.29, 0.717) is 33.5 Å². The lowest BCUT2D eigenvalue weighted by Gasteiger charge is -2.01. The van der Waals surface area contributed by atoms with E-state index in [0.717, 1.165) is 27.6 Å². The van der Waals surface area contributed by atoms with Gasteiger partial charge in [-0.05, 0) is 47.9 Å². The highest BCUT2D eigenvalue weighted by molar-refractivity contribution is 5.92. The summed E-state index contributed by atoms with van der Waals surface area (Å²) in [5.74, 6) is 0.238. The van der Waals surface area contributed by atoms with E-state index in [4.69, 9.17) is 10.7 Å². The number of nitrogens with zero attached hydrogens (tertiary/aromatic N) is 4. The van der Waals surface area contributed by atoms with Crippen molar-refractivity contribution in [1.29, 1.82) is 0 Å². The third-order valence-electron chi connectivity index (χ3n) is 5.37. The van der Waals surface area contributed by atoms with E-state index in [1.807, 2.05) is 31.2 Å². The Bertz CT molecular complexity index is 1630. The maximum Gasteiger partial charge on any atom is 0.159 e. The summed E-state index contributed by atoms with van der Waals surface area (Å²) in [7, 11) is 0. The van der Waals surface area contributed by atoms with Crippen LogP contribution in [0.4, 0.5) is 10.1 Å². The molecular formula is C25H20FN7. The summed E-state index contributed by atoms with van der Waals surface area (Å²) in [4.78, 5) is 16.4. The number of fused-ring (bicyclic) bond motifs is 1. The average Bonchev–Trinajstić information content (AvgIpc) is 3.40. The van der Waals surface area contributed by atoms with Crippen LogP contribution in [0.15, 0.2) is 61.2 Å². The van der Waals surface area contributed by atoms with Crippen molar-refractivity contribution in [3.05, 3.63) is 83.1 Å². The molecule has 0 unspecified atom stereocenters. The minimum Gasteiger partial charge on any atom is -0.397 e. The number of aromatic amines is 2. The van der Waals surface area contributed by atoms with Gasteiger partial charge in [0.15, 0.2) is 5.82 Å². The van der Waals surface area contributed by atoms with Gasteiger partial charge in [0.1, 0.15) is 11.5 Å². The van der Waals surface area contributed by atoms with E-state index in [1.165, 1.54) is 12.1 Å². The van der Waals surface area contributed by atoms with Crippen LogP contribution in [-0.4, -0.2) is 30.1 Å². The van der Waals surface area contributed by atoms with E-state index >= 15 is 0 Å². The van der Waals surface area contributed by atoms with Crippen LogP contribution in [-0.2, 0) is 0 Å². The smallest absolute Gasteiger partial charge is 0.159 e. The zero-order chi connectivity index (χ0) is 22.9. The van der Waals surface area contributed by atoms with Gasteiger partial charge in [0.05, 0.1) is 28.3 Å². The van der Waals surface area contributed by atoms with E-state index in [2.05, 4.69) is 31.7 Å². The Morgan fingerprint density at radius 2 is 1.97 bits per heavy atom. The molecule has 0 amide bonds. The number of hydrogen-bond acceptors (Lipinski definition) is 5. The fourth-order valence-electron chi connectivity index (χ4n) is 3.60. The second-order valence-corrected chi connectivity index (χ2v) is 7.67. The van der Waals surface area contributed by atoms with Crippen molar-refractivity contribution in [3.8, 4) is 22.6 Å². The van der Waals surface area contributed by atoms with Gasteiger partial charge in [0.25, 0.3) is 0 Å². The number of rotatable bonds is 4. The third kappa shape index (κ3) is 3.89. The van der Waals surface area contributed by atoms with Crippen molar-refractivity contribution in [2.24, 2.45) is 0 Å². The average molecular weight is 437 g/mol. The molecular weight excluding hydrogens is 417 g/mol. The lowest BCUT2D eigenvalue weighted by atomic mass is 10.1. The maximum absolute atomic E-state index is 13.7. The third-order valence-corrected chi connectivity index (χ3v) is 5.37. The van der Waals surface area contributed by atoms with Gasteiger partial charge in [-0.2, -0.15) is 5.10 Å². The Morgan fingerprint density at radius 1 is 1.12 bits per heavy atom. The van der Waals surface area contributed by atoms with E-state index in [-0.39, 0.29) is 5.82 Å². The number of allylic oxidation sites excluding steroid dienone is 2. The molecule has 0 saturated carbocycles. The Labute approximate surface area is 188 Å². The van der Waals surface area contributed by atoms with Gasteiger partial charge < -0.3 is 10.7 Å². The van der Waals surface area contributed by atoms with Gasteiger partial charge in [0.2, 0.25) is 0 Å². The predicted molar refractivity (Wildman–Crippen MR) is 128 cm³/mol. The number of aromatic nitrogens is 6. The molecule has 0 aliphatic heterocycles. The maximum atomic E-state index is 13.7. The first-order valence-electron chi connectivity index (χ1n) is 10.2. The first-order valence-corrected chi connectivity index (χ1v) is 10.2. The van der Waals surface area contributed by atoms with Crippen LogP contribution in [0.5, 0.6) is 0 Å². The molecule has 1 aromatic carbocycles. The molecule has 4 N–H and O–H groups in total. The van der Waals surface area contributed by atoms with Gasteiger partial charge in [0, 0.05) is 29.4 Å². The lowest BCUT2D eigenvalue weighted by Crippen LogP contribution is -2.21. The van der Waals surface area contributed by atoms with Crippen molar-refractivity contribution in [1.82, 2.24) is 30.1 Å². The summed E-state index contributed by atoms with van der Waals surface area (Å²) < 4.78 is 13.7. The summed E-state index contributed by atoms with van der Waals surface area (Å²) in [5, 5.41) is 8.87. The Balaban J connectivity index is 1.54. The number of anilines is 1. The molecule has 162 valence electrons. The molecule has 0 radical (unpaired) electrons. The zero-order valence-electron chi connectivity index (χ0n) is 17.8. The van der Waals surface area contributed by atoms with Crippen LogP contribution in [0, 0.1) is 5.82 Å². The van der Waals surface area contributed by atoms with Gasteiger partial charge in [-0.25, -0.2) is 9.37 Å². The number of nitrogens with one attached hydrogen (secondary N) is 2. The summed E-state index contributed by atoms with van der Waals surface area (Å²) in [5.41, 5.74) is 11.8. The monoisotopic (exact) mass is 437 g/mol. The number of pyridine rings is 2. The van der Waals surface area contributed by atoms with Crippen LogP contribution < -0.4 is 16.3 Å². The largest absolute Gasteiger partial charge is 0.397 e. The van der Waals surface area contributed by atoms with Crippen molar-refractivity contribution in [2.75, 3.05) is 5.73 Å². The normalized spacial score (nSPS) is 12.5. The summed E-state index contributed by atoms with van der Waals surface area (Å²) in [6.07, 6.45) is 10.6. The molecule has 4 heterocycles. The molecule has 0 spiro atoms. The summed E-state index contributed by atoms with van der Waals surface area (Å²) in [6.45, 7) is 6.15. The number of nitrogens with two attached hydrogens (primary N) is 1. The standard InChI is InChI=1S/C25H20FN7/c1-14(17-9-19(27)11-28-10-17)6-7-21-15(2)23(33-32-21)25-30-22-13-29-12-20(24(22)31-25)16-4-3-5-18(26)8-16/h3-13,32H,2,27H2,1H3,(H,30,31)/b14-6+,21-7+. The molecule has 33 heavy (non-hydrogen) atoms. The van der Waals surface area contributed by atoms with Crippen molar-refractivity contribution < 1.29 is 4.39 Å². The van der Waals surface area contributed by atoms with Crippen LogP contribution in [0.1, 0.15) is 12.5 Å². The minimum atomic E-state index is -0.315. The molecule has 0 aliphatic carbocycles. The predicted octanol–water partition coefficient (Wildman–Crippen LogP) is 3.43. The fraction of sp³-hybridized carbons (Fsp3) is 0.0400. The van der Waals surface area contributed by atoms with Crippen LogP contribution >= 0.6 is 0 Å². The van der Waals surface area contributed by atoms with Gasteiger partial charge >= 0.3 is 0 Å². The van der Waals surface area contributed by atoms with Gasteiger partial charge in [-0.1, -0.05) is 24.8 Å². The molecule has 5 rings (SSSR count). The van der Waals surface area contributed by atoms with Crippen molar-refractivity contribution >= 4 is 34.9 Å². The molecule has 5 aromatic rings. The van der Waals surface area contributed by atoms with E-state index < -0.39 is 0 Å². The van der Waals surface area contributed by atoms with Crippen LogP contribution in [0.25, 0.3) is 51.9 Å². The van der Waals surface area contributed by atoms with Gasteiger partial charge in [-0.3, -0.25) is 15.1 Å². The van der Waals surface area contributed by atoms with Crippen molar-refractivity contribution in [2.45, 2.75) is 6.92 Å². The highest BCUT2D eigenvalue weighted by atomic mass is 19.1. The van der Waals surface area contributed by atoms with Crippen LogP contribution in [0.2, 0.25) is 0 Å². The number of benzene rings is 1. The second-order valence-electron chi connectivity index (χ2n) is 7.67. The fourth-order valence-corrected chi connectivity index (χ4v) is 3.60. The SMILES string of the molecule is C=c1c(-c2nc3c(-c4cccc(F)c4)cncc3[nH]2)n[nH]/c1=C/C=C(\C)c1cncc(N)c1. The Hall–Kier alpha value is -4.59. The number of nitrogen functional groups attached to an aromatic ring is 1. The number of hydrogen-bond donors (Lipinski definition) is 3. The highest BCUT2D eigenvalue weighted by Crippen LogP contribution is 2.28. The highest BCUT2D eigenvalue weighted by Gasteiger charge is 2.14. The van der Waals surface area contributed by atoms with E-state index in [1.54, 1.807) is 30.9 Å². The minimum absolute atomic E-state index is 0.315. The molecule has 7 nitrogen and oxygen atoms in total. The quantitative estimate of drug-likeness (QED) is 0.399. The molecule has 8 heteroatoms. The number of imidazole rings is 1. The number of halogens is 1. The second kappa shape index (κ2) is 8.16. The Morgan fingerprint density at radius 3 is 2.79 bits per heavy atom. The zero-order valence-corrected chi connectivity index (χ0v) is 17.8.